The van der Waals surface area contributed by atoms with Crippen LogP contribution in [0.4, 0.5) is 10.2 Å². The summed E-state index contributed by atoms with van der Waals surface area (Å²) >= 11 is 0. The molecule has 0 aliphatic heterocycles. The van der Waals surface area contributed by atoms with Gasteiger partial charge in [-0.3, -0.25) is 4.98 Å². The number of nitrogens with zero attached hydrogens (tertiary/aromatic N) is 8. The molecule has 10 heteroatoms. The van der Waals surface area contributed by atoms with Crippen LogP contribution in [0.3, 0.4) is 0 Å². The quantitative estimate of drug-likeness (QED) is 0.483. The monoisotopic (exact) mass is 453 g/mol. The summed E-state index contributed by atoms with van der Waals surface area (Å²) in [5.74, 6) is -0.948. The molecule has 4 rings (SSSR count). The zero-order valence-electron chi connectivity index (χ0n) is 18.8. The summed E-state index contributed by atoms with van der Waals surface area (Å²) in [4.78, 5) is 13.0. The van der Waals surface area contributed by atoms with Crippen LogP contribution in [-0.2, 0) is 12.0 Å². The van der Waals surface area contributed by atoms with Crippen LogP contribution in [0.5, 0.6) is 0 Å². The van der Waals surface area contributed by atoms with E-state index in [1.807, 2.05) is 12.1 Å². The molecule has 3 heterocycles. The van der Waals surface area contributed by atoms with Gasteiger partial charge in [-0.05, 0) is 44.5 Å². The first-order chi connectivity index (χ1) is 16.2. The van der Waals surface area contributed by atoms with E-state index in [9.17, 15) is 14.9 Å². The van der Waals surface area contributed by atoms with Gasteiger partial charge in [0.25, 0.3) is 0 Å². The van der Waals surface area contributed by atoms with Crippen molar-refractivity contribution in [1.29, 1.82) is 10.5 Å². The number of nitriles is 2. The molecule has 0 spiro atoms. The van der Waals surface area contributed by atoms with E-state index in [2.05, 4.69) is 37.4 Å². The molecule has 0 fully saturated rings. The van der Waals surface area contributed by atoms with Gasteiger partial charge in [-0.25, -0.2) is 19.0 Å². The van der Waals surface area contributed by atoms with Gasteiger partial charge in [0, 0.05) is 5.56 Å². The minimum Gasteiger partial charge on any atom is -0.381 e. The fraction of sp³-hybridized carbons (Fsp3) is 0.208. The molecule has 1 aromatic carbocycles. The zero-order valence-corrected chi connectivity index (χ0v) is 18.8. The van der Waals surface area contributed by atoms with Crippen LogP contribution in [0.25, 0.3) is 22.8 Å². The molecule has 0 amide bonds. The number of halogens is 1. The number of aromatic nitrogens is 6. The number of nitrogens with two attached hydrogens (primary N) is 1. The van der Waals surface area contributed by atoms with Crippen LogP contribution in [-0.4, -0.2) is 29.9 Å². The van der Waals surface area contributed by atoms with Crippen molar-refractivity contribution in [2.45, 2.75) is 32.7 Å². The third-order valence-corrected chi connectivity index (χ3v) is 5.40. The van der Waals surface area contributed by atoms with Gasteiger partial charge in [0.05, 0.1) is 47.2 Å². The molecule has 0 bridgehead atoms. The Bertz CT molecular complexity index is 1470. The van der Waals surface area contributed by atoms with Crippen molar-refractivity contribution in [1.82, 2.24) is 29.9 Å². The maximum absolute atomic E-state index is 14.9. The van der Waals surface area contributed by atoms with Gasteiger partial charge in [-0.15, -0.1) is 5.10 Å². The van der Waals surface area contributed by atoms with Gasteiger partial charge in [-0.1, -0.05) is 23.4 Å². The highest BCUT2D eigenvalue weighted by Gasteiger charge is 2.22. The average Bonchev–Trinajstić information content (AvgIpc) is 3.29. The number of hydrogen-bond acceptors (Lipinski definition) is 8. The third-order valence-electron chi connectivity index (χ3n) is 5.40. The van der Waals surface area contributed by atoms with Gasteiger partial charge in [0.2, 0.25) is 0 Å². The highest BCUT2D eigenvalue weighted by molar-refractivity contribution is 5.69. The number of anilines is 1. The Balaban J connectivity index is 1.69. The van der Waals surface area contributed by atoms with Gasteiger partial charge in [-0.2, -0.15) is 10.5 Å². The lowest BCUT2D eigenvalue weighted by atomic mass is 9.91. The molecule has 0 aliphatic carbocycles. The Hall–Kier alpha value is -4.70. The fourth-order valence-electron chi connectivity index (χ4n) is 3.38. The second-order valence-electron chi connectivity index (χ2n) is 8.24. The zero-order chi connectivity index (χ0) is 24.5. The summed E-state index contributed by atoms with van der Waals surface area (Å²) in [5.41, 5.74) is 8.19. The molecule has 2 N–H and O–H groups in total. The van der Waals surface area contributed by atoms with Crippen molar-refractivity contribution < 1.29 is 4.39 Å². The smallest absolute Gasteiger partial charge is 0.193 e. The van der Waals surface area contributed by atoms with Crippen LogP contribution in [0, 0.1) is 35.4 Å². The lowest BCUT2D eigenvalue weighted by Crippen LogP contribution is -2.17. The molecule has 0 radical (unpaired) electrons. The van der Waals surface area contributed by atoms with Gasteiger partial charge < -0.3 is 5.73 Å². The summed E-state index contributed by atoms with van der Waals surface area (Å²) in [6.45, 7) is 5.61. The molecule has 9 nitrogen and oxygen atoms in total. The fourth-order valence-corrected chi connectivity index (χ4v) is 3.38. The predicted octanol–water partition coefficient (Wildman–Crippen LogP) is 3.55. The van der Waals surface area contributed by atoms with E-state index >= 15 is 0 Å². The van der Waals surface area contributed by atoms with Gasteiger partial charge in [0.15, 0.2) is 17.5 Å². The van der Waals surface area contributed by atoms with E-state index < -0.39 is 11.2 Å². The van der Waals surface area contributed by atoms with Crippen LogP contribution < -0.4 is 5.73 Å². The third kappa shape index (κ3) is 4.17. The lowest BCUT2D eigenvalue weighted by Gasteiger charge is -2.15. The van der Waals surface area contributed by atoms with Gasteiger partial charge in [0.1, 0.15) is 11.4 Å². The summed E-state index contributed by atoms with van der Waals surface area (Å²) in [6.07, 6.45) is 1.54. The summed E-state index contributed by atoms with van der Waals surface area (Å²) in [7, 11) is 0. The molecule has 168 valence electrons. The van der Waals surface area contributed by atoms with E-state index in [1.54, 1.807) is 45.0 Å². The summed E-state index contributed by atoms with van der Waals surface area (Å²) in [5, 5.41) is 26.8. The van der Waals surface area contributed by atoms with E-state index in [0.717, 1.165) is 0 Å². The molecule has 0 atom stereocenters. The van der Waals surface area contributed by atoms with Gasteiger partial charge >= 0.3 is 0 Å². The first kappa shape index (κ1) is 22.5. The average molecular weight is 453 g/mol. The second kappa shape index (κ2) is 8.68. The number of pyridine rings is 1. The Labute approximate surface area is 195 Å². The van der Waals surface area contributed by atoms with E-state index in [4.69, 9.17) is 5.73 Å². The molecule has 0 aliphatic rings. The minimum atomic E-state index is -0.805. The number of nitrogen functional groups attached to an aromatic ring is 1. The van der Waals surface area contributed by atoms with E-state index in [1.165, 1.54) is 10.9 Å². The Kier molecular flexibility index (Phi) is 5.74. The van der Waals surface area contributed by atoms with Crippen molar-refractivity contribution in [3.63, 3.8) is 0 Å². The number of hydrogen-bond donors (Lipinski definition) is 1. The molecule has 3 aromatic heterocycles. The lowest BCUT2D eigenvalue weighted by molar-refractivity contribution is 0.616. The topological polar surface area (TPSA) is 143 Å². The largest absolute Gasteiger partial charge is 0.381 e. The SMILES string of the molecule is Cc1c(C#N)cccc1-c1nc(N)c(F)c(-c2cn(Cc3cccc(C(C)(C)C#N)n3)nn2)n1. The van der Waals surface area contributed by atoms with Crippen LogP contribution in [0.15, 0.2) is 42.6 Å². The summed E-state index contributed by atoms with van der Waals surface area (Å²) in [6, 6.07) is 14.9. The molecular formula is C24H20FN9. The molecule has 0 saturated carbocycles. The van der Waals surface area contributed by atoms with Crippen LogP contribution >= 0.6 is 0 Å². The van der Waals surface area contributed by atoms with E-state index in [0.29, 0.717) is 28.1 Å². The van der Waals surface area contributed by atoms with E-state index in [-0.39, 0.29) is 29.6 Å². The normalized spacial score (nSPS) is 11.1. The number of benzene rings is 1. The highest BCUT2D eigenvalue weighted by Crippen LogP contribution is 2.28. The molecule has 0 unspecified atom stereocenters. The molecular weight excluding hydrogens is 433 g/mol. The van der Waals surface area contributed by atoms with Crippen molar-refractivity contribution >= 4 is 5.82 Å². The van der Waals surface area contributed by atoms with Crippen LogP contribution in [0.1, 0.15) is 36.4 Å². The van der Waals surface area contributed by atoms with Crippen LogP contribution in [0.2, 0.25) is 0 Å². The maximum Gasteiger partial charge on any atom is 0.193 e. The first-order valence-electron chi connectivity index (χ1n) is 10.3. The second-order valence-corrected chi connectivity index (χ2v) is 8.24. The van der Waals surface area contributed by atoms with Crippen molar-refractivity contribution in [3.05, 3.63) is 70.9 Å². The predicted molar refractivity (Wildman–Crippen MR) is 122 cm³/mol. The first-order valence-corrected chi connectivity index (χ1v) is 10.3. The maximum atomic E-state index is 14.9. The summed E-state index contributed by atoms with van der Waals surface area (Å²) < 4.78 is 16.4. The highest BCUT2D eigenvalue weighted by atomic mass is 19.1. The molecule has 4 aromatic rings. The molecule has 34 heavy (non-hydrogen) atoms. The molecule has 0 saturated heterocycles. The van der Waals surface area contributed by atoms with Crippen molar-refractivity contribution in [2.24, 2.45) is 0 Å². The van der Waals surface area contributed by atoms with Crippen molar-refractivity contribution in [3.8, 4) is 34.9 Å². The van der Waals surface area contributed by atoms with Crippen molar-refractivity contribution in [2.75, 3.05) is 5.73 Å². The number of rotatable bonds is 5. The Morgan fingerprint density at radius 2 is 1.85 bits per heavy atom. The Morgan fingerprint density at radius 3 is 2.59 bits per heavy atom. The Morgan fingerprint density at radius 1 is 1.09 bits per heavy atom. The minimum absolute atomic E-state index is 0.0946. The standard InChI is InChI=1S/C24H20FN9/c1-14-15(10-26)6-4-8-17(14)23-30-21(20(25)22(28)31-23)18-12-34(33-32-18)11-16-7-5-9-19(29-16)24(2,3)13-27/h4-9,12H,11H2,1-3H3,(H2,28,30,31).